The molecular weight excluding hydrogens is 164 g/mol. The summed E-state index contributed by atoms with van der Waals surface area (Å²) >= 11 is 0. The first kappa shape index (κ1) is 10.2. The topological polar surface area (TPSA) is 66.7 Å². The average molecular weight is 182 g/mol. The summed E-state index contributed by atoms with van der Waals surface area (Å²) in [5.74, 6) is 1.07. The lowest BCUT2D eigenvalue weighted by Gasteiger charge is -2.01. The van der Waals surface area contributed by atoms with Crippen molar-refractivity contribution in [2.75, 3.05) is 19.6 Å². The molecule has 1 rings (SSSR count). The van der Waals surface area contributed by atoms with E-state index in [2.05, 4.69) is 15.3 Å². The second kappa shape index (κ2) is 6.62. The van der Waals surface area contributed by atoms with Gasteiger partial charge in [-0.2, -0.15) is 0 Å². The van der Waals surface area contributed by atoms with Gasteiger partial charge in [-0.1, -0.05) is 0 Å². The van der Waals surface area contributed by atoms with Crippen LogP contribution in [0.15, 0.2) is 12.4 Å². The molecule has 0 saturated heterocycles. The van der Waals surface area contributed by atoms with Gasteiger partial charge in [0.1, 0.15) is 5.82 Å². The summed E-state index contributed by atoms with van der Waals surface area (Å²) in [5, 5.41) is 3.33. The zero-order valence-electron chi connectivity index (χ0n) is 7.92. The molecule has 4 nitrogen and oxygen atoms in total. The first-order valence-corrected chi connectivity index (χ1v) is 4.82. The number of nitrogens with two attached hydrogens (primary N) is 1. The molecule has 0 aromatic carbocycles. The van der Waals surface area contributed by atoms with Crippen molar-refractivity contribution in [3.63, 3.8) is 0 Å². The highest BCUT2D eigenvalue weighted by Gasteiger charge is 1.93. The molecule has 0 saturated carbocycles. The highest BCUT2D eigenvalue weighted by Crippen LogP contribution is 1.92. The molecular formula is C9H18N4. The van der Waals surface area contributed by atoms with Crippen molar-refractivity contribution in [3.8, 4) is 0 Å². The van der Waals surface area contributed by atoms with E-state index in [1.165, 1.54) is 0 Å². The van der Waals surface area contributed by atoms with Crippen LogP contribution in [0.1, 0.15) is 18.7 Å². The molecule has 0 aliphatic carbocycles. The van der Waals surface area contributed by atoms with Crippen molar-refractivity contribution in [1.82, 2.24) is 15.3 Å². The average Bonchev–Trinajstić information content (AvgIpc) is 2.63. The molecule has 1 aromatic rings. The van der Waals surface area contributed by atoms with Gasteiger partial charge in [0.2, 0.25) is 0 Å². The number of aromatic amines is 1. The van der Waals surface area contributed by atoms with Gasteiger partial charge in [-0.25, -0.2) is 4.98 Å². The molecule has 1 aromatic heterocycles. The van der Waals surface area contributed by atoms with Crippen molar-refractivity contribution in [2.24, 2.45) is 5.73 Å². The molecule has 0 aliphatic heterocycles. The van der Waals surface area contributed by atoms with Crippen LogP contribution >= 0.6 is 0 Å². The largest absolute Gasteiger partial charge is 0.349 e. The fourth-order valence-corrected chi connectivity index (χ4v) is 1.17. The summed E-state index contributed by atoms with van der Waals surface area (Å²) in [5.41, 5.74) is 5.37. The van der Waals surface area contributed by atoms with Crippen LogP contribution in [0, 0.1) is 0 Å². The second-order valence-electron chi connectivity index (χ2n) is 3.03. The second-order valence-corrected chi connectivity index (χ2v) is 3.03. The Hall–Kier alpha value is -0.870. The number of nitrogens with one attached hydrogen (secondary N) is 2. The predicted octanol–water partition coefficient (Wildman–Crippen LogP) is 0.281. The summed E-state index contributed by atoms with van der Waals surface area (Å²) in [7, 11) is 0. The maximum absolute atomic E-state index is 5.37. The number of aryl methyl sites for hydroxylation is 1. The minimum Gasteiger partial charge on any atom is -0.349 e. The number of rotatable bonds is 7. The fourth-order valence-electron chi connectivity index (χ4n) is 1.17. The first-order valence-electron chi connectivity index (χ1n) is 4.82. The third kappa shape index (κ3) is 4.65. The third-order valence-electron chi connectivity index (χ3n) is 1.88. The molecule has 74 valence electrons. The molecule has 0 atom stereocenters. The SMILES string of the molecule is NCCCNCCCc1ncc[nH]1. The van der Waals surface area contributed by atoms with Crippen LogP contribution in [0.2, 0.25) is 0 Å². The van der Waals surface area contributed by atoms with Gasteiger partial charge >= 0.3 is 0 Å². The molecule has 0 amide bonds. The Labute approximate surface area is 78.9 Å². The summed E-state index contributed by atoms with van der Waals surface area (Å²) < 4.78 is 0. The Balaban J connectivity index is 1.90. The van der Waals surface area contributed by atoms with Crippen molar-refractivity contribution in [3.05, 3.63) is 18.2 Å². The van der Waals surface area contributed by atoms with Crippen molar-refractivity contribution >= 4 is 0 Å². The summed E-state index contributed by atoms with van der Waals surface area (Å²) in [6, 6.07) is 0. The molecule has 0 bridgehead atoms. The quantitative estimate of drug-likeness (QED) is 0.531. The van der Waals surface area contributed by atoms with Gasteiger partial charge in [0.25, 0.3) is 0 Å². The molecule has 0 aliphatic rings. The summed E-state index contributed by atoms with van der Waals surface area (Å²) in [6.45, 7) is 2.83. The molecule has 0 spiro atoms. The van der Waals surface area contributed by atoms with Crippen molar-refractivity contribution < 1.29 is 0 Å². The van der Waals surface area contributed by atoms with E-state index in [-0.39, 0.29) is 0 Å². The van der Waals surface area contributed by atoms with E-state index in [1.807, 2.05) is 6.20 Å². The zero-order chi connectivity index (χ0) is 9.36. The number of imidazole rings is 1. The number of aromatic nitrogens is 2. The minimum atomic E-state index is 0.769. The van der Waals surface area contributed by atoms with E-state index in [0.717, 1.165) is 44.7 Å². The lowest BCUT2D eigenvalue weighted by molar-refractivity contribution is 0.621. The standard InChI is InChI=1S/C9H18N4/c10-4-2-6-11-5-1-3-9-12-7-8-13-9/h7-8,11H,1-6,10H2,(H,12,13). The van der Waals surface area contributed by atoms with Gasteiger partial charge in [0.05, 0.1) is 0 Å². The maximum atomic E-state index is 5.37. The number of nitrogens with zero attached hydrogens (tertiary/aromatic N) is 1. The third-order valence-corrected chi connectivity index (χ3v) is 1.88. The molecule has 4 heteroatoms. The van der Waals surface area contributed by atoms with Crippen LogP contribution < -0.4 is 11.1 Å². The maximum Gasteiger partial charge on any atom is 0.106 e. The smallest absolute Gasteiger partial charge is 0.106 e. The molecule has 0 radical (unpaired) electrons. The van der Waals surface area contributed by atoms with Crippen LogP contribution in [-0.4, -0.2) is 29.6 Å². The van der Waals surface area contributed by atoms with E-state index in [9.17, 15) is 0 Å². The van der Waals surface area contributed by atoms with Gasteiger partial charge in [-0.05, 0) is 32.5 Å². The van der Waals surface area contributed by atoms with Gasteiger partial charge in [-0.3, -0.25) is 0 Å². The Kier molecular flexibility index (Phi) is 5.20. The summed E-state index contributed by atoms with van der Waals surface area (Å²) in [6.07, 6.45) is 6.84. The molecule has 0 fully saturated rings. The van der Waals surface area contributed by atoms with Crippen molar-refractivity contribution in [1.29, 1.82) is 0 Å². The Bertz CT molecular complexity index is 195. The number of H-pyrrole nitrogens is 1. The van der Waals surface area contributed by atoms with E-state index in [4.69, 9.17) is 5.73 Å². The Morgan fingerprint density at radius 3 is 2.92 bits per heavy atom. The van der Waals surface area contributed by atoms with Crippen LogP contribution in [0.25, 0.3) is 0 Å². The monoisotopic (exact) mass is 182 g/mol. The molecule has 1 heterocycles. The predicted molar refractivity (Wildman–Crippen MR) is 53.4 cm³/mol. The first-order chi connectivity index (χ1) is 6.43. The fraction of sp³-hybridized carbons (Fsp3) is 0.667. The van der Waals surface area contributed by atoms with Crippen LogP contribution in [0.4, 0.5) is 0 Å². The van der Waals surface area contributed by atoms with Crippen LogP contribution in [-0.2, 0) is 6.42 Å². The Morgan fingerprint density at radius 2 is 2.23 bits per heavy atom. The van der Waals surface area contributed by atoms with Crippen molar-refractivity contribution in [2.45, 2.75) is 19.3 Å². The van der Waals surface area contributed by atoms with Gasteiger partial charge < -0.3 is 16.0 Å². The van der Waals surface area contributed by atoms with Gasteiger partial charge in [-0.15, -0.1) is 0 Å². The lowest BCUT2D eigenvalue weighted by Crippen LogP contribution is -2.19. The van der Waals surface area contributed by atoms with Gasteiger partial charge in [0, 0.05) is 18.8 Å². The highest BCUT2D eigenvalue weighted by molar-refractivity contribution is 4.86. The molecule has 13 heavy (non-hydrogen) atoms. The van der Waals surface area contributed by atoms with Gasteiger partial charge in [0.15, 0.2) is 0 Å². The normalized spacial score (nSPS) is 10.5. The molecule has 0 unspecified atom stereocenters. The lowest BCUT2D eigenvalue weighted by atomic mass is 10.3. The summed E-state index contributed by atoms with van der Waals surface area (Å²) in [4.78, 5) is 7.23. The van der Waals surface area contributed by atoms with Crippen LogP contribution in [0.3, 0.4) is 0 Å². The minimum absolute atomic E-state index is 0.769. The number of hydrogen-bond donors (Lipinski definition) is 3. The van der Waals surface area contributed by atoms with E-state index in [0.29, 0.717) is 0 Å². The van der Waals surface area contributed by atoms with E-state index in [1.54, 1.807) is 6.20 Å². The zero-order valence-corrected chi connectivity index (χ0v) is 7.92. The number of hydrogen-bond acceptors (Lipinski definition) is 3. The van der Waals surface area contributed by atoms with E-state index >= 15 is 0 Å². The van der Waals surface area contributed by atoms with E-state index < -0.39 is 0 Å². The highest BCUT2D eigenvalue weighted by atomic mass is 14.9. The Morgan fingerprint density at radius 1 is 1.38 bits per heavy atom. The molecule has 4 N–H and O–H groups in total. The van der Waals surface area contributed by atoms with Crippen LogP contribution in [0.5, 0.6) is 0 Å².